The topological polar surface area (TPSA) is 86.8 Å². The van der Waals surface area contributed by atoms with Crippen LogP contribution in [0.5, 0.6) is 0 Å². The van der Waals surface area contributed by atoms with E-state index in [9.17, 15) is 22.4 Å². The Balaban J connectivity index is 2.08. The van der Waals surface area contributed by atoms with Crippen molar-refractivity contribution in [3.8, 4) is 0 Å². The number of halogens is 2. The third-order valence-electron chi connectivity index (χ3n) is 6.73. The van der Waals surface area contributed by atoms with Crippen molar-refractivity contribution < 1.29 is 22.4 Å². The number of carbonyl (C=O) groups excluding carboxylic acids is 2. The second-order valence-corrected chi connectivity index (χ2v) is 12.1. The van der Waals surface area contributed by atoms with Gasteiger partial charge in [-0.1, -0.05) is 67.1 Å². The molecule has 0 bridgehead atoms. The fourth-order valence-electron chi connectivity index (χ4n) is 4.24. The number of rotatable bonds is 12. The minimum absolute atomic E-state index is 0.0311. The van der Waals surface area contributed by atoms with Crippen LogP contribution in [0.3, 0.4) is 0 Å². The number of carbonyl (C=O) groups is 2. The normalized spacial score (nSPS) is 12.8. The molecular weight excluding hydrogens is 553 g/mol. The molecule has 3 rings (SSSR count). The molecule has 3 aromatic carbocycles. The van der Waals surface area contributed by atoms with E-state index in [-0.39, 0.29) is 30.6 Å². The van der Waals surface area contributed by atoms with E-state index in [1.807, 2.05) is 44.2 Å². The van der Waals surface area contributed by atoms with E-state index in [2.05, 4.69) is 5.32 Å². The Morgan fingerprint density at radius 2 is 1.62 bits per heavy atom. The zero-order chi connectivity index (χ0) is 29.4. The fourth-order valence-corrected chi connectivity index (χ4v) is 5.31. The van der Waals surface area contributed by atoms with Gasteiger partial charge < -0.3 is 10.2 Å². The minimum Gasteiger partial charge on any atom is -0.352 e. The number of sulfonamides is 1. The smallest absolute Gasteiger partial charge is 0.244 e. The summed E-state index contributed by atoms with van der Waals surface area (Å²) in [6.45, 7) is 4.90. The molecule has 1 N–H and O–H groups in total. The molecule has 0 aliphatic carbocycles. The maximum Gasteiger partial charge on any atom is 0.244 e. The Bertz CT molecular complexity index is 1420. The molecule has 0 aromatic heterocycles. The number of anilines is 1. The second-order valence-electron chi connectivity index (χ2n) is 9.83. The van der Waals surface area contributed by atoms with Gasteiger partial charge in [0.15, 0.2) is 0 Å². The molecule has 2 atom stereocenters. The number of hydrogen-bond acceptors (Lipinski definition) is 4. The molecule has 0 radical (unpaired) electrons. The molecule has 0 unspecified atom stereocenters. The van der Waals surface area contributed by atoms with Crippen molar-refractivity contribution in [2.24, 2.45) is 0 Å². The lowest BCUT2D eigenvalue weighted by Gasteiger charge is -2.34. The maximum atomic E-state index is 14.1. The lowest BCUT2D eigenvalue weighted by atomic mass is 10.0. The average Bonchev–Trinajstić information content (AvgIpc) is 2.91. The standard InChI is InChI=1S/C30H35ClFN3O4S/c1-5-21(2)33-30(37)28(18-23-10-7-6-8-11-23)34(19-24-14-16-25(32)17-15-24)29(36)20-35(40(4,38)39)27-13-9-12-26(31)22(27)3/h6-17,21,28H,5,18-20H2,1-4H3,(H,33,37)/t21-,28-/m1/s1. The van der Waals surface area contributed by atoms with Crippen molar-refractivity contribution in [3.63, 3.8) is 0 Å². The highest BCUT2D eigenvalue weighted by atomic mass is 35.5. The van der Waals surface area contributed by atoms with Crippen LogP contribution in [0, 0.1) is 12.7 Å². The summed E-state index contributed by atoms with van der Waals surface area (Å²) in [6, 6.07) is 18.6. The van der Waals surface area contributed by atoms with Gasteiger partial charge in [0.2, 0.25) is 21.8 Å². The summed E-state index contributed by atoms with van der Waals surface area (Å²) >= 11 is 6.27. The molecule has 10 heteroatoms. The van der Waals surface area contributed by atoms with E-state index in [1.54, 1.807) is 25.1 Å². The van der Waals surface area contributed by atoms with E-state index in [1.165, 1.54) is 29.2 Å². The van der Waals surface area contributed by atoms with E-state index in [4.69, 9.17) is 11.6 Å². The molecule has 0 aliphatic heterocycles. The van der Waals surface area contributed by atoms with Crippen molar-refractivity contribution in [2.75, 3.05) is 17.1 Å². The van der Waals surface area contributed by atoms with Gasteiger partial charge in [-0.25, -0.2) is 12.8 Å². The van der Waals surface area contributed by atoms with Gasteiger partial charge >= 0.3 is 0 Å². The van der Waals surface area contributed by atoms with Gasteiger partial charge in [-0.15, -0.1) is 0 Å². The Morgan fingerprint density at radius 3 is 2.23 bits per heavy atom. The lowest BCUT2D eigenvalue weighted by molar-refractivity contribution is -0.140. The van der Waals surface area contributed by atoms with Crippen molar-refractivity contribution in [1.29, 1.82) is 0 Å². The summed E-state index contributed by atoms with van der Waals surface area (Å²) in [5, 5.41) is 3.33. The van der Waals surface area contributed by atoms with E-state index in [0.717, 1.165) is 16.1 Å². The number of nitrogens with zero attached hydrogens (tertiary/aromatic N) is 2. The highest BCUT2D eigenvalue weighted by Crippen LogP contribution is 2.28. The van der Waals surface area contributed by atoms with Crippen LogP contribution in [0.1, 0.15) is 37.0 Å². The number of hydrogen-bond donors (Lipinski definition) is 1. The van der Waals surface area contributed by atoms with Crippen LogP contribution in [0.2, 0.25) is 5.02 Å². The van der Waals surface area contributed by atoms with Gasteiger partial charge in [-0.3, -0.25) is 13.9 Å². The summed E-state index contributed by atoms with van der Waals surface area (Å²) < 4.78 is 40.5. The van der Waals surface area contributed by atoms with Crippen LogP contribution < -0.4 is 9.62 Å². The first-order valence-corrected chi connectivity index (χ1v) is 15.2. The highest BCUT2D eigenvalue weighted by Gasteiger charge is 2.33. The van der Waals surface area contributed by atoms with Crippen LogP contribution in [0.4, 0.5) is 10.1 Å². The van der Waals surface area contributed by atoms with Crippen molar-refractivity contribution in [1.82, 2.24) is 10.2 Å². The molecule has 0 fully saturated rings. The molecule has 7 nitrogen and oxygen atoms in total. The van der Waals surface area contributed by atoms with Crippen molar-refractivity contribution in [2.45, 2.75) is 52.2 Å². The van der Waals surface area contributed by atoms with Gasteiger partial charge in [0, 0.05) is 24.0 Å². The summed E-state index contributed by atoms with van der Waals surface area (Å²) in [5.41, 5.74) is 2.19. The van der Waals surface area contributed by atoms with Gasteiger partial charge in [0.1, 0.15) is 18.4 Å². The quantitative estimate of drug-likeness (QED) is 0.319. The number of nitrogens with one attached hydrogen (secondary N) is 1. The summed E-state index contributed by atoms with van der Waals surface area (Å²) in [4.78, 5) is 29.1. The number of amides is 2. The molecule has 3 aromatic rings. The first-order valence-electron chi connectivity index (χ1n) is 13.0. The third-order valence-corrected chi connectivity index (χ3v) is 8.26. The molecule has 0 spiro atoms. The van der Waals surface area contributed by atoms with Crippen LogP contribution in [-0.2, 0) is 32.6 Å². The summed E-state index contributed by atoms with van der Waals surface area (Å²) in [6.07, 6.45) is 1.90. The molecule has 0 saturated heterocycles. The van der Waals surface area contributed by atoms with Gasteiger partial charge in [-0.2, -0.15) is 0 Å². The molecular formula is C30H35ClFN3O4S. The molecule has 0 heterocycles. The molecule has 2 amide bonds. The predicted molar refractivity (Wildman–Crippen MR) is 157 cm³/mol. The Morgan fingerprint density at radius 1 is 0.975 bits per heavy atom. The van der Waals surface area contributed by atoms with Crippen LogP contribution in [-0.4, -0.2) is 50.0 Å². The monoisotopic (exact) mass is 587 g/mol. The minimum atomic E-state index is -3.92. The maximum absolute atomic E-state index is 14.1. The Hall–Kier alpha value is -3.43. The zero-order valence-electron chi connectivity index (χ0n) is 23.1. The van der Waals surface area contributed by atoms with E-state index < -0.39 is 34.3 Å². The Labute approximate surface area is 241 Å². The van der Waals surface area contributed by atoms with Crippen LogP contribution >= 0.6 is 11.6 Å². The van der Waals surface area contributed by atoms with Gasteiger partial charge in [-0.05, 0) is 61.2 Å². The van der Waals surface area contributed by atoms with Gasteiger partial charge in [0.25, 0.3) is 0 Å². The molecule has 214 valence electrons. The van der Waals surface area contributed by atoms with Gasteiger partial charge in [0.05, 0.1) is 11.9 Å². The van der Waals surface area contributed by atoms with Crippen LogP contribution in [0.15, 0.2) is 72.8 Å². The zero-order valence-corrected chi connectivity index (χ0v) is 24.7. The first kappa shape index (κ1) is 31.1. The SMILES string of the molecule is CC[C@@H](C)NC(=O)[C@@H](Cc1ccccc1)N(Cc1ccc(F)cc1)C(=O)CN(c1cccc(Cl)c1C)S(C)(=O)=O. The van der Waals surface area contributed by atoms with Crippen molar-refractivity contribution in [3.05, 3.63) is 100 Å². The van der Waals surface area contributed by atoms with Crippen molar-refractivity contribution >= 4 is 39.1 Å². The summed E-state index contributed by atoms with van der Waals surface area (Å²) in [7, 11) is -3.92. The largest absolute Gasteiger partial charge is 0.352 e. The molecule has 0 saturated carbocycles. The predicted octanol–water partition coefficient (Wildman–Crippen LogP) is 5.11. The average molecular weight is 588 g/mol. The Kier molecular flexibility index (Phi) is 10.7. The van der Waals surface area contributed by atoms with E-state index in [0.29, 0.717) is 22.6 Å². The molecule has 40 heavy (non-hydrogen) atoms. The summed E-state index contributed by atoms with van der Waals surface area (Å²) in [5.74, 6) is -1.38. The lowest BCUT2D eigenvalue weighted by Crippen LogP contribution is -2.54. The second kappa shape index (κ2) is 13.8. The van der Waals surface area contributed by atoms with E-state index >= 15 is 0 Å². The molecule has 0 aliphatic rings. The number of benzene rings is 3. The first-order chi connectivity index (χ1) is 18.9. The fraction of sp³-hybridized carbons (Fsp3) is 0.333. The highest BCUT2D eigenvalue weighted by molar-refractivity contribution is 7.92. The van der Waals surface area contributed by atoms with Crippen LogP contribution in [0.25, 0.3) is 0 Å². The third kappa shape index (κ3) is 8.29.